The van der Waals surface area contributed by atoms with E-state index in [1.54, 1.807) is 54.0 Å². The van der Waals surface area contributed by atoms with Gasteiger partial charge < -0.3 is 36.2 Å². The van der Waals surface area contributed by atoms with Crippen LogP contribution >= 0.6 is 0 Å². The molecule has 0 fully saturated rings. The van der Waals surface area contributed by atoms with Gasteiger partial charge in [-0.2, -0.15) is 0 Å². The van der Waals surface area contributed by atoms with Gasteiger partial charge in [-0.1, -0.05) is 38.8 Å². The monoisotopic (exact) mass is 606 g/mol. The van der Waals surface area contributed by atoms with E-state index in [4.69, 9.17) is 0 Å². The average molecular weight is 607 g/mol. The summed E-state index contributed by atoms with van der Waals surface area (Å²) in [6.45, 7) is 9.08. The van der Waals surface area contributed by atoms with Crippen molar-refractivity contribution in [1.29, 1.82) is 0 Å². The minimum Gasteiger partial charge on any atom is -0.393 e. The van der Waals surface area contributed by atoms with Crippen LogP contribution in [0.2, 0.25) is 0 Å². The number of aliphatic hydroxyl groups is 3. The summed E-state index contributed by atoms with van der Waals surface area (Å²) in [4.78, 5) is 40.3. The Morgan fingerprint density at radius 2 is 1.37 bits per heavy atom. The maximum Gasteiger partial charge on any atom is 0.247 e. The number of nitrogens with one attached hydrogen (secondary N) is 3. The molecule has 0 saturated carbocycles. The number of amides is 2. The summed E-state index contributed by atoms with van der Waals surface area (Å²) in [6, 6.07) is 5.96. The number of rotatable bonds is 21. The van der Waals surface area contributed by atoms with Gasteiger partial charge in [-0.25, -0.2) is 0 Å². The van der Waals surface area contributed by atoms with Crippen molar-refractivity contribution in [2.45, 2.75) is 122 Å². The van der Waals surface area contributed by atoms with Crippen molar-refractivity contribution in [1.82, 2.24) is 15.5 Å². The molecule has 10 nitrogen and oxygen atoms in total. The standard InChI is InChI=1S/C33H58N4O6/c1-21(30(35-7)29(41)19-24(4)39)11-10-14-28(40)20-26-15-17-27(18-16-26)36-32(42)31(22(2)12-9-13-23(3)38)37(8)33(43)25(5)34-6/h15-18,21-25,28,30-31,34-35,38-40H,9-14,19-20H2,1-8H3,(H,36,42)/t21-,22-,23?,24?,25-,28?,30?,31-/m0/s1. The number of hydrogen-bond donors (Lipinski definition) is 6. The zero-order valence-electron chi connectivity index (χ0n) is 27.6. The summed E-state index contributed by atoms with van der Waals surface area (Å²) in [5.41, 5.74) is 1.55. The smallest absolute Gasteiger partial charge is 0.247 e. The Morgan fingerprint density at radius 1 is 0.791 bits per heavy atom. The van der Waals surface area contributed by atoms with E-state index in [0.29, 0.717) is 31.4 Å². The van der Waals surface area contributed by atoms with Gasteiger partial charge in [0.1, 0.15) is 6.04 Å². The highest BCUT2D eigenvalue weighted by molar-refractivity contribution is 5.98. The van der Waals surface area contributed by atoms with Crippen LogP contribution < -0.4 is 16.0 Å². The van der Waals surface area contributed by atoms with Crippen LogP contribution in [0, 0.1) is 11.8 Å². The van der Waals surface area contributed by atoms with Crippen LogP contribution in [0.1, 0.15) is 85.1 Å². The third kappa shape index (κ3) is 13.9. The van der Waals surface area contributed by atoms with E-state index in [0.717, 1.165) is 24.8 Å². The van der Waals surface area contributed by atoms with E-state index in [-0.39, 0.29) is 41.9 Å². The largest absolute Gasteiger partial charge is 0.393 e. The predicted molar refractivity (Wildman–Crippen MR) is 172 cm³/mol. The lowest BCUT2D eigenvalue weighted by atomic mass is 9.90. The van der Waals surface area contributed by atoms with E-state index in [2.05, 4.69) is 16.0 Å². The second-order valence-electron chi connectivity index (χ2n) is 12.4. The molecule has 0 aliphatic heterocycles. The van der Waals surface area contributed by atoms with Crippen LogP contribution in [0.4, 0.5) is 5.69 Å². The quantitative estimate of drug-likeness (QED) is 0.125. The van der Waals surface area contributed by atoms with E-state index in [1.165, 1.54) is 4.90 Å². The Hall–Kier alpha value is -2.37. The Labute approximate surface area is 259 Å². The van der Waals surface area contributed by atoms with Crippen molar-refractivity contribution >= 4 is 23.3 Å². The Balaban J connectivity index is 2.76. The van der Waals surface area contributed by atoms with Gasteiger partial charge in [-0.05, 0) is 96.5 Å². The maximum absolute atomic E-state index is 13.5. The van der Waals surface area contributed by atoms with Gasteiger partial charge in [0.05, 0.1) is 30.4 Å². The van der Waals surface area contributed by atoms with Crippen molar-refractivity contribution < 1.29 is 29.7 Å². The summed E-state index contributed by atoms with van der Waals surface area (Å²) in [7, 11) is 5.12. The fourth-order valence-corrected chi connectivity index (χ4v) is 5.61. The molecular formula is C33H58N4O6. The number of hydrogen-bond acceptors (Lipinski definition) is 8. The first-order valence-electron chi connectivity index (χ1n) is 15.8. The molecule has 8 atom stereocenters. The number of ketones is 1. The first-order valence-corrected chi connectivity index (χ1v) is 15.8. The lowest BCUT2D eigenvalue weighted by Crippen LogP contribution is -2.53. The summed E-state index contributed by atoms with van der Waals surface area (Å²) in [5.74, 6) is -0.463. The van der Waals surface area contributed by atoms with E-state index < -0.39 is 30.4 Å². The van der Waals surface area contributed by atoms with Crippen molar-refractivity contribution in [3.63, 3.8) is 0 Å². The molecule has 1 rings (SSSR count). The first-order chi connectivity index (χ1) is 20.2. The van der Waals surface area contributed by atoms with Crippen molar-refractivity contribution in [3.8, 4) is 0 Å². The first kappa shape index (κ1) is 38.7. The van der Waals surface area contributed by atoms with Crippen LogP contribution in [0.3, 0.4) is 0 Å². The fraction of sp³-hybridized carbons (Fsp3) is 0.727. The van der Waals surface area contributed by atoms with Gasteiger partial charge in [0.25, 0.3) is 0 Å². The molecule has 0 bridgehead atoms. The molecule has 1 aromatic carbocycles. The SMILES string of the molecule is CNC(C(=O)CC(C)O)[C@@H](C)CCCC(O)Cc1ccc(NC(=O)[C@H]([C@@H](C)CCCC(C)O)N(C)C(=O)[C@H](C)NC)cc1. The van der Waals surface area contributed by atoms with Gasteiger partial charge >= 0.3 is 0 Å². The molecule has 0 aliphatic rings. The van der Waals surface area contributed by atoms with E-state index in [1.807, 2.05) is 26.0 Å². The zero-order chi connectivity index (χ0) is 32.7. The van der Waals surface area contributed by atoms with Gasteiger partial charge in [-0.15, -0.1) is 0 Å². The highest BCUT2D eigenvalue weighted by Crippen LogP contribution is 2.22. The molecule has 43 heavy (non-hydrogen) atoms. The van der Waals surface area contributed by atoms with Crippen LogP contribution in [0.5, 0.6) is 0 Å². The second-order valence-corrected chi connectivity index (χ2v) is 12.4. The molecule has 0 saturated heterocycles. The number of anilines is 1. The lowest BCUT2D eigenvalue weighted by Gasteiger charge is -2.33. The molecule has 2 amide bonds. The van der Waals surface area contributed by atoms with Crippen molar-refractivity contribution in [3.05, 3.63) is 29.8 Å². The molecule has 0 radical (unpaired) electrons. The van der Waals surface area contributed by atoms with Crippen LogP contribution in [0.25, 0.3) is 0 Å². The summed E-state index contributed by atoms with van der Waals surface area (Å²) < 4.78 is 0. The van der Waals surface area contributed by atoms with Gasteiger partial charge in [0.2, 0.25) is 11.8 Å². The number of carbonyl (C=O) groups is 3. The molecule has 246 valence electrons. The number of aliphatic hydroxyl groups excluding tert-OH is 3. The summed E-state index contributed by atoms with van der Waals surface area (Å²) in [6.07, 6.45) is 3.22. The van der Waals surface area contributed by atoms with Crippen LogP contribution in [-0.4, -0.2) is 95.4 Å². The third-order valence-corrected chi connectivity index (χ3v) is 8.27. The van der Waals surface area contributed by atoms with Gasteiger partial charge in [0, 0.05) is 19.2 Å². The fourth-order valence-electron chi connectivity index (χ4n) is 5.61. The zero-order valence-corrected chi connectivity index (χ0v) is 27.6. The van der Waals surface area contributed by atoms with E-state index >= 15 is 0 Å². The minimum absolute atomic E-state index is 0.000564. The summed E-state index contributed by atoms with van der Waals surface area (Å²) in [5, 5.41) is 38.8. The Bertz CT molecular complexity index is 971. The van der Waals surface area contributed by atoms with Crippen molar-refractivity contribution in [2.75, 3.05) is 26.5 Å². The number of carbonyl (C=O) groups excluding carboxylic acids is 3. The molecule has 1 aromatic rings. The second kappa shape index (κ2) is 19.8. The lowest BCUT2D eigenvalue weighted by molar-refractivity contribution is -0.140. The third-order valence-electron chi connectivity index (χ3n) is 8.27. The average Bonchev–Trinajstić information content (AvgIpc) is 2.93. The molecular weight excluding hydrogens is 548 g/mol. The Morgan fingerprint density at radius 3 is 1.91 bits per heavy atom. The highest BCUT2D eigenvalue weighted by atomic mass is 16.3. The number of likely N-dealkylation sites (N-methyl/N-ethyl adjacent to an activating group) is 3. The topological polar surface area (TPSA) is 151 Å². The molecule has 0 aliphatic carbocycles. The maximum atomic E-state index is 13.5. The van der Waals surface area contributed by atoms with Crippen LogP contribution in [0.15, 0.2) is 24.3 Å². The Kier molecular flexibility index (Phi) is 17.8. The minimum atomic E-state index is -0.675. The predicted octanol–water partition coefficient (Wildman–Crippen LogP) is 2.89. The number of Topliss-reactive ketones (excluding diaryl/α,β-unsaturated/α-hetero) is 1. The van der Waals surface area contributed by atoms with Gasteiger partial charge in [-0.3, -0.25) is 14.4 Å². The molecule has 0 aromatic heterocycles. The number of nitrogens with zero attached hydrogens (tertiary/aromatic N) is 1. The molecule has 0 spiro atoms. The number of benzene rings is 1. The summed E-state index contributed by atoms with van der Waals surface area (Å²) >= 11 is 0. The normalized spacial score (nSPS) is 17.2. The van der Waals surface area contributed by atoms with Gasteiger partial charge in [0.15, 0.2) is 5.78 Å². The molecule has 6 N–H and O–H groups in total. The molecule has 10 heteroatoms. The van der Waals surface area contributed by atoms with Crippen molar-refractivity contribution in [2.24, 2.45) is 11.8 Å². The van der Waals surface area contributed by atoms with Crippen LogP contribution in [-0.2, 0) is 20.8 Å². The molecule has 4 unspecified atom stereocenters. The van der Waals surface area contributed by atoms with E-state index in [9.17, 15) is 29.7 Å². The highest BCUT2D eigenvalue weighted by Gasteiger charge is 2.33. The molecule has 0 heterocycles.